The van der Waals surface area contributed by atoms with Gasteiger partial charge in [-0.1, -0.05) is 6.92 Å². The fraction of sp³-hybridized carbons (Fsp3) is 0.417. The predicted octanol–water partition coefficient (Wildman–Crippen LogP) is -0.385. The van der Waals surface area contributed by atoms with Crippen LogP contribution in [0.25, 0.3) is 0 Å². The molecule has 0 radical (unpaired) electrons. The van der Waals surface area contributed by atoms with E-state index in [4.69, 9.17) is 10.2 Å². The van der Waals surface area contributed by atoms with E-state index in [1.807, 2.05) is 0 Å². The standard InChI is InChI=1S/C12H15N3O4/c1-2-8-11(17)14-10(16)6-15(8)12(18)9-4-3-7(5-13)19-9/h3-4,8H,2,5-6,13H2,1H3,(H,14,16,17). The van der Waals surface area contributed by atoms with Gasteiger partial charge in [0, 0.05) is 0 Å². The Labute approximate surface area is 109 Å². The summed E-state index contributed by atoms with van der Waals surface area (Å²) >= 11 is 0. The molecule has 0 aromatic carbocycles. The van der Waals surface area contributed by atoms with E-state index in [1.54, 1.807) is 13.0 Å². The Bertz CT molecular complexity index is 523. The molecule has 0 aliphatic carbocycles. The summed E-state index contributed by atoms with van der Waals surface area (Å²) in [5.41, 5.74) is 5.40. The maximum Gasteiger partial charge on any atom is 0.290 e. The summed E-state index contributed by atoms with van der Waals surface area (Å²) in [6, 6.07) is 2.44. The molecule has 1 aromatic rings. The molecular weight excluding hydrogens is 250 g/mol. The van der Waals surface area contributed by atoms with Crippen molar-refractivity contribution in [3.63, 3.8) is 0 Å². The molecule has 1 aromatic heterocycles. The zero-order valence-corrected chi connectivity index (χ0v) is 10.5. The second-order valence-electron chi connectivity index (χ2n) is 4.24. The topological polar surface area (TPSA) is 106 Å². The van der Waals surface area contributed by atoms with Crippen LogP contribution in [-0.4, -0.2) is 35.2 Å². The van der Waals surface area contributed by atoms with Crippen LogP contribution in [0.15, 0.2) is 16.5 Å². The number of carbonyl (C=O) groups is 3. The van der Waals surface area contributed by atoms with Crippen LogP contribution < -0.4 is 11.1 Å². The largest absolute Gasteiger partial charge is 0.455 e. The highest BCUT2D eigenvalue weighted by Gasteiger charge is 2.36. The van der Waals surface area contributed by atoms with E-state index in [0.717, 1.165) is 0 Å². The molecule has 102 valence electrons. The summed E-state index contributed by atoms with van der Waals surface area (Å²) in [5, 5.41) is 2.21. The van der Waals surface area contributed by atoms with Gasteiger partial charge in [0.2, 0.25) is 11.8 Å². The van der Waals surface area contributed by atoms with E-state index in [2.05, 4.69) is 5.32 Å². The molecule has 19 heavy (non-hydrogen) atoms. The minimum absolute atomic E-state index is 0.0846. The Morgan fingerprint density at radius 2 is 2.26 bits per heavy atom. The first kappa shape index (κ1) is 13.3. The summed E-state index contributed by atoms with van der Waals surface area (Å²) in [5.74, 6) is -0.869. The van der Waals surface area contributed by atoms with Crippen molar-refractivity contribution in [3.05, 3.63) is 23.7 Å². The summed E-state index contributed by atoms with van der Waals surface area (Å²) in [7, 11) is 0. The van der Waals surface area contributed by atoms with Gasteiger partial charge in [-0.3, -0.25) is 19.7 Å². The lowest BCUT2D eigenvalue weighted by Crippen LogP contribution is -2.59. The monoisotopic (exact) mass is 265 g/mol. The smallest absolute Gasteiger partial charge is 0.290 e. The molecule has 1 atom stereocenters. The lowest BCUT2D eigenvalue weighted by Gasteiger charge is -2.32. The number of hydrogen-bond donors (Lipinski definition) is 2. The zero-order valence-electron chi connectivity index (χ0n) is 10.5. The third-order valence-electron chi connectivity index (χ3n) is 2.98. The van der Waals surface area contributed by atoms with E-state index in [1.165, 1.54) is 11.0 Å². The zero-order chi connectivity index (χ0) is 14.0. The van der Waals surface area contributed by atoms with Crippen molar-refractivity contribution < 1.29 is 18.8 Å². The number of piperazine rings is 1. The van der Waals surface area contributed by atoms with E-state index in [9.17, 15) is 14.4 Å². The van der Waals surface area contributed by atoms with Crippen molar-refractivity contribution in [2.45, 2.75) is 25.9 Å². The van der Waals surface area contributed by atoms with E-state index < -0.39 is 23.8 Å². The fourth-order valence-electron chi connectivity index (χ4n) is 2.03. The highest BCUT2D eigenvalue weighted by Crippen LogP contribution is 2.16. The van der Waals surface area contributed by atoms with Crippen molar-refractivity contribution in [1.29, 1.82) is 0 Å². The summed E-state index contributed by atoms with van der Waals surface area (Å²) in [4.78, 5) is 36.5. The van der Waals surface area contributed by atoms with Crippen LogP contribution in [0.4, 0.5) is 0 Å². The van der Waals surface area contributed by atoms with Crippen molar-refractivity contribution >= 4 is 17.7 Å². The van der Waals surface area contributed by atoms with Gasteiger partial charge in [-0.2, -0.15) is 0 Å². The molecule has 3 amide bonds. The van der Waals surface area contributed by atoms with Gasteiger partial charge in [-0.05, 0) is 18.6 Å². The molecule has 1 aliphatic rings. The second-order valence-corrected chi connectivity index (χ2v) is 4.24. The molecule has 1 saturated heterocycles. The van der Waals surface area contributed by atoms with Crippen LogP contribution >= 0.6 is 0 Å². The average Bonchev–Trinajstić information content (AvgIpc) is 2.85. The first-order valence-electron chi connectivity index (χ1n) is 6.00. The number of imide groups is 1. The van der Waals surface area contributed by atoms with E-state index in [0.29, 0.717) is 12.2 Å². The normalized spacial score (nSPS) is 19.5. The molecule has 0 saturated carbocycles. The van der Waals surface area contributed by atoms with Gasteiger partial charge in [0.15, 0.2) is 5.76 Å². The van der Waals surface area contributed by atoms with Gasteiger partial charge >= 0.3 is 0 Å². The third kappa shape index (κ3) is 2.50. The molecule has 0 spiro atoms. The van der Waals surface area contributed by atoms with Crippen LogP contribution in [0.3, 0.4) is 0 Å². The molecular formula is C12H15N3O4. The van der Waals surface area contributed by atoms with Crippen LogP contribution in [0.2, 0.25) is 0 Å². The lowest BCUT2D eigenvalue weighted by molar-refractivity contribution is -0.138. The Hall–Kier alpha value is -2.15. The minimum atomic E-state index is -0.656. The van der Waals surface area contributed by atoms with E-state index in [-0.39, 0.29) is 18.8 Å². The van der Waals surface area contributed by atoms with Gasteiger partial charge in [0.1, 0.15) is 18.3 Å². The molecule has 1 fully saturated rings. The molecule has 7 heteroatoms. The summed E-state index contributed by atoms with van der Waals surface area (Å²) in [6.07, 6.45) is 0.426. The number of amides is 3. The Kier molecular flexibility index (Phi) is 3.66. The summed E-state index contributed by atoms with van der Waals surface area (Å²) < 4.78 is 5.25. The predicted molar refractivity (Wildman–Crippen MR) is 64.9 cm³/mol. The van der Waals surface area contributed by atoms with Gasteiger partial charge in [-0.25, -0.2) is 0 Å². The number of nitrogens with one attached hydrogen (secondary N) is 1. The summed E-state index contributed by atoms with van der Waals surface area (Å²) in [6.45, 7) is 1.80. The Morgan fingerprint density at radius 1 is 1.53 bits per heavy atom. The number of furan rings is 1. The minimum Gasteiger partial charge on any atom is -0.455 e. The number of nitrogens with zero attached hydrogens (tertiary/aromatic N) is 1. The van der Waals surface area contributed by atoms with Crippen LogP contribution in [-0.2, 0) is 16.1 Å². The van der Waals surface area contributed by atoms with Crippen molar-refractivity contribution in [1.82, 2.24) is 10.2 Å². The number of carbonyl (C=O) groups excluding carboxylic acids is 3. The molecule has 2 heterocycles. The first-order chi connectivity index (χ1) is 9.06. The van der Waals surface area contributed by atoms with E-state index >= 15 is 0 Å². The molecule has 1 unspecified atom stereocenters. The SMILES string of the molecule is CCC1C(=O)NC(=O)CN1C(=O)c1ccc(CN)o1. The Balaban J connectivity index is 2.24. The van der Waals surface area contributed by atoms with Crippen molar-refractivity contribution in [2.24, 2.45) is 5.73 Å². The Morgan fingerprint density at radius 3 is 2.84 bits per heavy atom. The average molecular weight is 265 g/mol. The second kappa shape index (κ2) is 5.23. The van der Waals surface area contributed by atoms with Crippen LogP contribution in [0.5, 0.6) is 0 Å². The molecule has 2 rings (SSSR count). The highest BCUT2D eigenvalue weighted by molar-refractivity contribution is 6.06. The molecule has 0 bridgehead atoms. The molecule has 1 aliphatic heterocycles. The number of nitrogens with two attached hydrogens (primary N) is 1. The molecule has 7 nitrogen and oxygen atoms in total. The van der Waals surface area contributed by atoms with Crippen LogP contribution in [0, 0.1) is 0 Å². The van der Waals surface area contributed by atoms with Gasteiger partial charge in [-0.15, -0.1) is 0 Å². The van der Waals surface area contributed by atoms with Crippen LogP contribution in [0.1, 0.15) is 29.7 Å². The number of hydrogen-bond acceptors (Lipinski definition) is 5. The lowest BCUT2D eigenvalue weighted by atomic mass is 10.1. The van der Waals surface area contributed by atoms with Gasteiger partial charge in [0.25, 0.3) is 5.91 Å². The van der Waals surface area contributed by atoms with Crippen molar-refractivity contribution in [2.75, 3.05) is 6.54 Å². The fourth-order valence-corrected chi connectivity index (χ4v) is 2.03. The maximum absolute atomic E-state index is 12.2. The first-order valence-corrected chi connectivity index (χ1v) is 6.00. The molecule has 3 N–H and O–H groups in total. The highest BCUT2D eigenvalue weighted by atomic mass is 16.4. The van der Waals surface area contributed by atoms with Gasteiger partial charge in [0.05, 0.1) is 6.54 Å². The maximum atomic E-state index is 12.2. The number of rotatable bonds is 3. The van der Waals surface area contributed by atoms with Crippen molar-refractivity contribution in [3.8, 4) is 0 Å². The third-order valence-corrected chi connectivity index (χ3v) is 2.98. The van der Waals surface area contributed by atoms with Gasteiger partial charge < -0.3 is 15.1 Å². The quantitative estimate of drug-likeness (QED) is 0.724.